The fraction of sp³-hybridized carbons (Fsp3) is 0.583. The maximum absolute atomic E-state index is 12.1. The van der Waals surface area contributed by atoms with E-state index in [9.17, 15) is 13.2 Å². The molecule has 0 aliphatic carbocycles. The summed E-state index contributed by atoms with van der Waals surface area (Å²) in [5, 5.41) is 2.62. The van der Waals surface area contributed by atoms with E-state index < -0.39 is 15.7 Å². The number of nitrogens with zero attached hydrogens (tertiary/aromatic N) is 2. The van der Waals surface area contributed by atoms with Gasteiger partial charge in [0.25, 0.3) is 5.91 Å². The summed E-state index contributed by atoms with van der Waals surface area (Å²) < 4.78 is 22.0. The summed E-state index contributed by atoms with van der Waals surface area (Å²) in [5.74, 6) is 5.56. The van der Waals surface area contributed by atoms with Gasteiger partial charge in [0.2, 0.25) is 0 Å². The maximum Gasteiger partial charge on any atom is 0.272 e. The van der Waals surface area contributed by atoms with Crippen LogP contribution in [0.4, 0.5) is 5.69 Å². The average molecular weight is 315 g/mol. The molecule has 0 fully saturated rings. The lowest BCUT2D eigenvalue weighted by molar-refractivity contribution is 0.0949. The highest BCUT2D eigenvalue weighted by Crippen LogP contribution is 2.15. The quantitative estimate of drug-likeness (QED) is 0.368. The molecule has 0 radical (unpaired) electrons. The first-order chi connectivity index (χ1) is 9.74. The van der Waals surface area contributed by atoms with E-state index in [-0.39, 0.29) is 23.9 Å². The first kappa shape index (κ1) is 17.3. The van der Waals surface area contributed by atoms with E-state index in [0.717, 1.165) is 6.26 Å². The van der Waals surface area contributed by atoms with Gasteiger partial charge in [0.15, 0.2) is 5.69 Å². The lowest BCUT2D eigenvalue weighted by atomic mass is 10.2. The number of carbonyl (C=O) groups is 1. The molecule has 1 rings (SSSR count). The summed E-state index contributed by atoms with van der Waals surface area (Å²) in [5.41, 5.74) is 2.84. The van der Waals surface area contributed by atoms with Gasteiger partial charge in [0, 0.05) is 18.7 Å². The molecule has 0 aliphatic heterocycles. The predicted octanol–water partition coefficient (Wildman–Crippen LogP) is 0.0501. The van der Waals surface area contributed by atoms with E-state index in [2.05, 4.69) is 20.7 Å². The van der Waals surface area contributed by atoms with Crippen LogP contribution >= 0.6 is 0 Å². The van der Waals surface area contributed by atoms with Crippen molar-refractivity contribution < 1.29 is 13.2 Å². The molecule has 8 nitrogen and oxygen atoms in total. The van der Waals surface area contributed by atoms with Crippen LogP contribution in [0.25, 0.3) is 0 Å². The fourth-order valence-corrected chi connectivity index (χ4v) is 2.24. The highest BCUT2D eigenvalue weighted by molar-refractivity contribution is 7.90. The second-order valence-electron chi connectivity index (χ2n) is 5.03. The summed E-state index contributed by atoms with van der Waals surface area (Å²) in [7, 11) is -3.03. The van der Waals surface area contributed by atoms with Gasteiger partial charge in [-0.3, -0.25) is 10.6 Å². The van der Waals surface area contributed by atoms with Crippen LogP contribution in [0.5, 0.6) is 0 Å². The van der Waals surface area contributed by atoms with Crippen molar-refractivity contribution in [3.63, 3.8) is 0 Å². The van der Waals surface area contributed by atoms with Crippen LogP contribution in [0.3, 0.4) is 0 Å². The normalized spacial score (nSPS) is 11.5. The van der Waals surface area contributed by atoms with Crippen LogP contribution in [0.2, 0.25) is 0 Å². The molecule has 0 aliphatic rings. The van der Waals surface area contributed by atoms with Gasteiger partial charge in [-0.1, -0.05) is 13.8 Å². The number of rotatable bonds is 7. The molecule has 0 atom stereocenters. The van der Waals surface area contributed by atoms with Crippen molar-refractivity contribution >= 4 is 21.4 Å². The van der Waals surface area contributed by atoms with Crippen molar-refractivity contribution in [2.75, 3.05) is 24.0 Å². The van der Waals surface area contributed by atoms with Crippen LogP contribution in [0.15, 0.2) is 6.20 Å². The van der Waals surface area contributed by atoms with Gasteiger partial charge in [0.1, 0.15) is 15.7 Å². The Morgan fingerprint density at radius 2 is 2.10 bits per heavy atom. The zero-order valence-electron chi connectivity index (χ0n) is 12.4. The predicted molar refractivity (Wildman–Crippen MR) is 80.6 cm³/mol. The van der Waals surface area contributed by atoms with Crippen LogP contribution in [-0.4, -0.2) is 42.8 Å². The molecule has 0 unspecified atom stereocenters. The third-order valence-corrected chi connectivity index (χ3v) is 3.70. The SMILES string of the molecule is CC(C)c1ncc(NN)c(C(=O)NCCCS(C)(=O)=O)n1. The summed E-state index contributed by atoms with van der Waals surface area (Å²) in [6.07, 6.45) is 2.95. The molecule has 0 saturated carbocycles. The number of hydrazine groups is 1. The molecule has 118 valence electrons. The summed E-state index contributed by atoms with van der Waals surface area (Å²) in [6, 6.07) is 0. The monoisotopic (exact) mass is 315 g/mol. The van der Waals surface area contributed by atoms with Crippen molar-refractivity contribution in [2.45, 2.75) is 26.2 Å². The second kappa shape index (κ2) is 7.32. The Hall–Kier alpha value is -1.74. The van der Waals surface area contributed by atoms with Crippen molar-refractivity contribution in [1.82, 2.24) is 15.3 Å². The topological polar surface area (TPSA) is 127 Å². The van der Waals surface area contributed by atoms with Crippen LogP contribution in [-0.2, 0) is 9.84 Å². The van der Waals surface area contributed by atoms with Gasteiger partial charge in [-0.15, -0.1) is 0 Å². The smallest absolute Gasteiger partial charge is 0.272 e. The van der Waals surface area contributed by atoms with Gasteiger partial charge in [-0.2, -0.15) is 0 Å². The molecule has 0 saturated heterocycles. The minimum Gasteiger partial charge on any atom is -0.351 e. The number of sulfone groups is 1. The standard InChI is InChI=1S/C12H21N5O3S/c1-8(2)11-15-7-9(17-13)10(16-11)12(18)14-5-4-6-21(3,19)20/h7-8,17H,4-6,13H2,1-3H3,(H,14,18). The summed E-state index contributed by atoms with van der Waals surface area (Å²) >= 11 is 0. The highest BCUT2D eigenvalue weighted by atomic mass is 32.2. The largest absolute Gasteiger partial charge is 0.351 e. The molecule has 0 bridgehead atoms. The molecule has 4 N–H and O–H groups in total. The Labute approximate surface area is 124 Å². The van der Waals surface area contributed by atoms with E-state index >= 15 is 0 Å². The zero-order valence-corrected chi connectivity index (χ0v) is 13.2. The summed E-state index contributed by atoms with van der Waals surface area (Å²) in [6.45, 7) is 4.08. The Morgan fingerprint density at radius 1 is 1.43 bits per heavy atom. The van der Waals surface area contributed by atoms with Crippen molar-refractivity contribution in [2.24, 2.45) is 5.84 Å². The number of carbonyl (C=O) groups excluding carboxylic acids is 1. The van der Waals surface area contributed by atoms with Gasteiger partial charge < -0.3 is 10.7 Å². The number of hydrogen-bond acceptors (Lipinski definition) is 7. The van der Waals surface area contributed by atoms with Gasteiger partial charge in [0.05, 0.1) is 17.6 Å². The van der Waals surface area contributed by atoms with E-state index in [1.54, 1.807) is 0 Å². The number of anilines is 1. The first-order valence-electron chi connectivity index (χ1n) is 6.54. The molecular formula is C12H21N5O3S. The lowest BCUT2D eigenvalue weighted by Crippen LogP contribution is -2.29. The zero-order chi connectivity index (χ0) is 16.0. The number of nitrogens with one attached hydrogen (secondary N) is 2. The van der Waals surface area contributed by atoms with Crippen LogP contribution < -0.4 is 16.6 Å². The van der Waals surface area contributed by atoms with Gasteiger partial charge in [-0.05, 0) is 6.42 Å². The molecule has 0 aromatic carbocycles. The van der Waals surface area contributed by atoms with Gasteiger partial charge in [-0.25, -0.2) is 18.4 Å². The van der Waals surface area contributed by atoms with Crippen molar-refractivity contribution in [3.8, 4) is 0 Å². The molecule has 21 heavy (non-hydrogen) atoms. The van der Waals surface area contributed by atoms with E-state index in [1.165, 1.54) is 6.20 Å². The minimum absolute atomic E-state index is 0.0241. The third kappa shape index (κ3) is 5.64. The maximum atomic E-state index is 12.1. The van der Waals surface area contributed by atoms with Crippen molar-refractivity contribution in [3.05, 3.63) is 17.7 Å². The molecule has 1 amide bonds. The van der Waals surface area contributed by atoms with Crippen LogP contribution in [0.1, 0.15) is 42.5 Å². The Morgan fingerprint density at radius 3 is 2.62 bits per heavy atom. The van der Waals surface area contributed by atoms with E-state index in [0.29, 0.717) is 17.9 Å². The van der Waals surface area contributed by atoms with Gasteiger partial charge >= 0.3 is 0 Å². The number of nitrogens with two attached hydrogens (primary N) is 1. The molecule has 1 heterocycles. The summed E-state index contributed by atoms with van der Waals surface area (Å²) in [4.78, 5) is 20.4. The lowest BCUT2D eigenvalue weighted by Gasteiger charge is -2.11. The molecular weight excluding hydrogens is 294 g/mol. The Bertz CT molecular complexity index is 601. The number of nitrogen functional groups attached to an aromatic ring is 1. The average Bonchev–Trinajstić information content (AvgIpc) is 2.41. The number of hydrogen-bond donors (Lipinski definition) is 3. The molecule has 1 aromatic heterocycles. The van der Waals surface area contributed by atoms with Crippen LogP contribution in [0, 0.1) is 0 Å². The molecule has 0 spiro atoms. The molecule has 9 heteroatoms. The minimum atomic E-state index is -3.03. The second-order valence-corrected chi connectivity index (χ2v) is 7.29. The Kier molecular flexibility index (Phi) is 6.03. The third-order valence-electron chi connectivity index (χ3n) is 2.67. The van der Waals surface area contributed by atoms with Crippen molar-refractivity contribution in [1.29, 1.82) is 0 Å². The molecule has 1 aromatic rings. The number of amides is 1. The van der Waals surface area contributed by atoms with E-state index in [4.69, 9.17) is 5.84 Å². The number of aromatic nitrogens is 2. The first-order valence-corrected chi connectivity index (χ1v) is 8.60. The highest BCUT2D eigenvalue weighted by Gasteiger charge is 2.16. The Balaban J connectivity index is 2.74. The van der Waals surface area contributed by atoms with E-state index in [1.807, 2.05) is 13.8 Å². The fourth-order valence-electron chi connectivity index (χ4n) is 1.57.